The van der Waals surface area contributed by atoms with E-state index >= 15 is 0 Å². The normalized spacial score (nSPS) is 12.5. The lowest BCUT2D eigenvalue weighted by Crippen LogP contribution is -1.99. The highest BCUT2D eigenvalue weighted by atomic mass is 32.1. The Morgan fingerprint density at radius 2 is 1.24 bits per heavy atom. The Bertz CT molecular complexity index is 3630. The Labute approximate surface area is 318 Å². The van der Waals surface area contributed by atoms with Gasteiger partial charge in [-0.25, -0.2) is 4.98 Å². The highest BCUT2D eigenvalue weighted by Gasteiger charge is 2.23. The molecule has 4 aromatic heterocycles. The first-order chi connectivity index (χ1) is 27.2. The second kappa shape index (κ2) is 10.8. The number of aromatic nitrogens is 3. The molecule has 0 aliphatic carbocycles. The Kier molecular flexibility index (Phi) is 5.74. The summed E-state index contributed by atoms with van der Waals surface area (Å²) in [5, 5.41) is 12.1. The largest absolute Gasteiger partial charge is 0.456 e. The smallest absolute Gasteiger partial charge is 0.156 e. The lowest BCUT2D eigenvalue weighted by atomic mass is 9.96. The molecule has 0 fully saturated rings. The van der Waals surface area contributed by atoms with Crippen LogP contribution in [0.2, 0.25) is 0 Å². The molecule has 13 rings (SSSR count). The van der Waals surface area contributed by atoms with Crippen LogP contribution in [0.25, 0.3) is 114 Å². The minimum absolute atomic E-state index is 0.828. The molecule has 0 saturated carbocycles. The van der Waals surface area contributed by atoms with Crippen molar-refractivity contribution in [3.8, 4) is 45.1 Å². The first kappa shape index (κ1) is 29.4. The van der Waals surface area contributed by atoms with Crippen LogP contribution in [0.15, 0.2) is 164 Å². The number of pyridine rings is 2. The maximum Gasteiger partial charge on any atom is 0.156 e. The zero-order valence-corrected chi connectivity index (χ0v) is 30.1. The van der Waals surface area contributed by atoms with Gasteiger partial charge in [0, 0.05) is 32.6 Å². The van der Waals surface area contributed by atoms with E-state index in [-0.39, 0.29) is 0 Å². The van der Waals surface area contributed by atoms with Gasteiger partial charge in [-0.2, -0.15) is 0 Å². The Morgan fingerprint density at radius 1 is 0.491 bits per heavy atom. The highest BCUT2D eigenvalue weighted by Crippen LogP contribution is 2.47. The molecule has 12 aromatic rings. The van der Waals surface area contributed by atoms with Crippen LogP contribution < -0.4 is 4.74 Å². The van der Waals surface area contributed by atoms with E-state index in [2.05, 4.69) is 144 Å². The molecule has 0 spiro atoms. The molecule has 8 aromatic carbocycles. The third-order valence-corrected chi connectivity index (χ3v) is 12.9. The monoisotopic (exact) mass is 717 g/mol. The van der Waals surface area contributed by atoms with Gasteiger partial charge in [-0.1, -0.05) is 121 Å². The molecule has 4 nitrogen and oxygen atoms in total. The van der Waals surface area contributed by atoms with Gasteiger partial charge in [0.25, 0.3) is 0 Å². The van der Waals surface area contributed by atoms with Crippen LogP contribution in [-0.2, 0) is 0 Å². The molecule has 0 unspecified atom stereocenters. The number of thiophene rings is 1. The summed E-state index contributed by atoms with van der Waals surface area (Å²) in [4.78, 5) is 10.3. The number of benzene rings is 8. The average molecular weight is 718 g/mol. The first-order valence-electron chi connectivity index (χ1n) is 18.6. The molecular formula is C50H27N3OS. The van der Waals surface area contributed by atoms with E-state index in [9.17, 15) is 0 Å². The van der Waals surface area contributed by atoms with Gasteiger partial charge in [-0.15, -0.1) is 11.3 Å². The predicted molar refractivity (Wildman–Crippen MR) is 230 cm³/mol. The zero-order valence-electron chi connectivity index (χ0n) is 29.2. The molecule has 1 aliphatic rings. The molecule has 0 amide bonds. The predicted octanol–water partition coefficient (Wildman–Crippen LogP) is 14.0. The third kappa shape index (κ3) is 4.05. The van der Waals surface area contributed by atoms with E-state index in [4.69, 9.17) is 14.7 Å². The lowest BCUT2D eigenvalue weighted by Gasteiger charge is -2.21. The van der Waals surface area contributed by atoms with Gasteiger partial charge in [0.1, 0.15) is 11.5 Å². The molecule has 5 heteroatoms. The molecule has 254 valence electrons. The minimum atomic E-state index is 0.828. The Morgan fingerprint density at radius 3 is 2.13 bits per heavy atom. The van der Waals surface area contributed by atoms with Crippen molar-refractivity contribution in [3.05, 3.63) is 164 Å². The summed E-state index contributed by atoms with van der Waals surface area (Å²) in [6.07, 6.45) is 1.88. The van der Waals surface area contributed by atoms with Crippen molar-refractivity contribution in [3.63, 3.8) is 0 Å². The van der Waals surface area contributed by atoms with Crippen molar-refractivity contribution in [1.82, 2.24) is 14.4 Å². The van der Waals surface area contributed by atoms with Crippen LogP contribution >= 0.6 is 11.3 Å². The van der Waals surface area contributed by atoms with Crippen molar-refractivity contribution in [2.75, 3.05) is 0 Å². The number of ether oxygens (including phenoxy) is 1. The van der Waals surface area contributed by atoms with E-state index in [1.807, 2.05) is 35.7 Å². The standard InChI is InChI=1S/C50H27N3OS/c1-3-9-34-29(6-1)16-19-37-36(34)22-23-41-46(37)52-50-49-40(38-20-17-30-7-2-4-10-35(30)48(38)55-49)27-42(53(41)50)31-14-12-28(13-15-31)33-18-21-39-44(26-33)54-43-11-5-8-32-24-25-51-47(39)45(32)43/h1-27H. The summed E-state index contributed by atoms with van der Waals surface area (Å²) >= 11 is 1.85. The molecule has 0 N–H and O–H groups in total. The average Bonchev–Trinajstić information content (AvgIpc) is 3.83. The molecule has 0 radical (unpaired) electrons. The van der Waals surface area contributed by atoms with Gasteiger partial charge in [0.05, 0.1) is 32.5 Å². The summed E-state index contributed by atoms with van der Waals surface area (Å²) in [5.74, 6) is 1.68. The van der Waals surface area contributed by atoms with Crippen LogP contribution in [0.3, 0.4) is 0 Å². The number of imidazole rings is 1. The number of fused-ring (bicyclic) bond motifs is 15. The first-order valence-corrected chi connectivity index (χ1v) is 19.4. The molecule has 0 saturated heterocycles. The number of nitrogens with zero attached hydrogens (tertiary/aromatic N) is 3. The topological polar surface area (TPSA) is 39.4 Å². The summed E-state index contributed by atoms with van der Waals surface area (Å²) in [7, 11) is 0. The van der Waals surface area contributed by atoms with Gasteiger partial charge in [-0.05, 0) is 85.4 Å². The fourth-order valence-corrected chi connectivity index (χ4v) is 10.3. The van der Waals surface area contributed by atoms with E-state index in [0.717, 1.165) is 72.6 Å². The summed E-state index contributed by atoms with van der Waals surface area (Å²) in [5.41, 5.74) is 9.59. The van der Waals surface area contributed by atoms with E-state index in [0.29, 0.717) is 0 Å². The van der Waals surface area contributed by atoms with Crippen LogP contribution in [0.5, 0.6) is 11.5 Å². The van der Waals surface area contributed by atoms with E-state index < -0.39 is 0 Å². The molecule has 0 atom stereocenters. The van der Waals surface area contributed by atoms with Crippen LogP contribution in [0.1, 0.15) is 0 Å². The maximum atomic E-state index is 6.48. The van der Waals surface area contributed by atoms with Gasteiger partial charge in [0.2, 0.25) is 0 Å². The highest BCUT2D eigenvalue weighted by molar-refractivity contribution is 7.27. The third-order valence-electron chi connectivity index (χ3n) is 11.6. The van der Waals surface area contributed by atoms with Gasteiger partial charge in [0.15, 0.2) is 5.65 Å². The second-order valence-electron chi connectivity index (χ2n) is 14.5. The zero-order chi connectivity index (χ0) is 35.8. The van der Waals surface area contributed by atoms with Crippen LogP contribution in [0, 0.1) is 0 Å². The minimum Gasteiger partial charge on any atom is -0.456 e. The molecule has 5 heterocycles. The summed E-state index contributed by atoms with van der Waals surface area (Å²) in [6.45, 7) is 0. The fourth-order valence-electron chi connectivity index (χ4n) is 9.01. The molecule has 0 bridgehead atoms. The second-order valence-corrected chi connectivity index (χ2v) is 15.5. The van der Waals surface area contributed by atoms with E-state index in [1.54, 1.807) is 0 Å². The van der Waals surface area contributed by atoms with Crippen LogP contribution in [-0.4, -0.2) is 14.4 Å². The number of rotatable bonds is 2. The van der Waals surface area contributed by atoms with Crippen molar-refractivity contribution in [1.29, 1.82) is 0 Å². The van der Waals surface area contributed by atoms with Crippen molar-refractivity contribution in [2.45, 2.75) is 0 Å². The fraction of sp³-hybridized carbons (Fsp3) is 0. The molecule has 55 heavy (non-hydrogen) atoms. The van der Waals surface area contributed by atoms with Gasteiger partial charge in [-0.3, -0.25) is 9.38 Å². The van der Waals surface area contributed by atoms with Crippen molar-refractivity contribution >= 4 is 91.3 Å². The SMILES string of the molecule is c1cc2c3c(nccc3c1)-c1ccc(-c3ccc(-c4cc5c6ccc7ccccc7c6sc5c5nc6c7ccc8ccccc8c7ccc6n45)cc3)cc1O2. The number of hydrogen-bond acceptors (Lipinski definition) is 4. The maximum absolute atomic E-state index is 6.48. The Hall–Kier alpha value is -7.08. The van der Waals surface area contributed by atoms with Gasteiger partial charge >= 0.3 is 0 Å². The van der Waals surface area contributed by atoms with Gasteiger partial charge < -0.3 is 4.74 Å². The summed E-state index contributed by atoms with van der Waals surface area (Å²) < 4.78 is 11.4. The van der Waals surface area contributed by atoms with E-state index in [1.165, 1.54) is 52.5 Å². The molecule has 1 aliphatic heterocycles. The van der Waals surface area contributed by atoms with Crippen molar-refractivity contribution in [2.24, 2.45) is 0 Å². The summed E-state index contributed by atoms with van der Waals surface area (Å²) in [6, 6.07) is 56.9. The van der Waals surface area contributed by atoms with Crippen molar-refractivity contribution < 1.29 is 4.74 Å². The van der Waals surface area contributed by atoms with Crippen LogP contribution in [0.4, 0.5) is 0 Å². The molecular weight excluding hydrogens is 691 g/mol. The number of hydrogen-bond donors (Lipinski definition) is 0. The quantitative estimate of drug-likeness (QED) is 0.167. The Balaban J connectivity index is 1.02. The lowest BCUT2D eigenvalue weighted by molar-refractivity contribution is 0.486.